The Morgan fingerprint density at radius 1 is 1.15 bits per heavy atom. The van der Waals surface area contributed by atoms with Gasteiger partial charge in [-0.25, -0.2) is 9.37 Å². The first kappa shape index (κ1) is 17.8. The van der Waals surface area contributed by atoms with E-state index in [1.165, 1.54) is 6.07 Å². The highest BCUT2D eigenvalue weighted by atomic mass is 19.1. The van der Waals surface area contributed by atoms with Crippen LogP contribution in [0.1, 0.15) is 25.8 Å². The molecule has 6 heteroatoms. The lowest BCUT2D eigenvalue weighted by atomic mass is 10.2. The van der Waals surface area contributed by atoms with Gasteiger partial charge in [0.25, 0.3) is 0 Å². The first-order chi connectivity index (χ1) is 12.6. The zero-order valence-electron chi connectivity index (χ0n) is 15.1. The van der Waals surface area contributed by atoms with Crippen molar-refractivity contribution < 1.29 is 4.39 Å². The van der Waals surface area contributed by atoms with Gasteiger partial charge in [-0.05, 0) is 44.5 Å². The van der Waals surface area contributed by atoms with Crippen LogP contribution in [0.25, 0.3) is 11.3 Å². The summed E-state index contributed by atoms with van der Waals surface area (Å²) in [4.78, 5) is 13.3. The summed E-state index contributed by atoms with van der Waals surface area (Å²) in [5.41, 5.74) is 2.86. The number of benzene rings is 1. The fraction of sp³-hybridized carbons (Fsp3) is 0.250. The third kappa shape index (κ3) is 4.14. The Kier molecular flexibility index (Phi) is 5.41. The van der Waals surface area contributed by atoms with Crippen LogP contribution in [0, 0.1) is 12.7 Å². The molecule has 0 aliphatic heterocycles. The van der Waals surface area contributed by atoms with Gasteiger partial charge in [0.15, 0.2) is 0 Å². The van der Waals surface area contributed by atoms with Crippen molar-refractivity contribution in [1.82, 2.24) is 15.0 Å². The minimum absolute atomic E-state index is 0.239. The highest BCUT2D eigenvalue weighted by molar-refractivity contribution is 5.68. The van der Waals surface area contributed by atoms with E-state index in [9.17, 15) is 4.39 Å². The lowest BCUT2D eigenvalue weighted by Gasteiger charge is -2.15. The Balaban J connectivity index is 2.00. The molecule has 1 atom stereocenters. The average molecular weight is 351 g/mol. The quantitative estimate of drug-likeness (QED) is 0.658. The predicted molar refractivity (Wildman–Crippen MR) is 103 cm³/mol. The SMILES string of the molecule is CC[C@@H](C)Nc1nc(Nc2cccc(F)c2C)cc(-c2cccnc2)n1. The molecule has 0 bridgehead atoms. The Morgan fingerprint density at radius 2 is 2.00 bits per heavy atom. The van der Waals surface area contributed by atoms with E-state index >= 15 is 0 Å². The molecule has 0 aliphatic rings. The molecule has 3 aromatic rings. The number of rotatable bonds is 6. The lowest BCUT2D eigenvalue weighted by Crippen LogP contribution is -2.16. The van der Waals surface area contributed by atoms with Crippen LogP contribution in [0.5, 0.6) is 0 Å². The molecule has 2 N–H and O–H groups in total. The first-order valence-corrected chi connectivity index (χ1v) is 8.65. The third-order valence-corrected chi connectivity index (χ3v) is 4.20. The molecule has 0 spiro atoms. The maximum Gasteiger partial charge on any atom is 0.225 e. The van der Waals surface area contributed by atoms with Gasteiger partial charge in [-0.2, -0.15) is 4.98 Å². The van der Waals surface area contributed by atoms with E-state index in [1.807, 2.05) is 24.3 Å². The molecular weight excluding hydrogens is 329 g/mol. The number of anilines is 3. The van der Waals surface area contributed by atoms with E-state index in [0.717, 1.165) is 17.7 Å². The zero-order chi connectivity index (χ0) is 18.5. The molecule has 2 heterocycles. The molecule has 0 saturated heterocycles. The summed E-state index contributed by atoms with van der Waals surface area (Å²) in [6, 6.07) is 10.8. The molecule has 2 aromatic heterocycles. The molecule has 0 radical (unpaired) electrons. The molecule has 26 heavy (non-hydrogen) atoms. The van der Waals surface area contributed by atoms with Gasteiger partial charge in [0.1, 0.15) is 11.6 Å². The van der Waals surface area contributed by atoms with Gasteiger partial charge in [-0.3, -0.25) is 4.98 Å². The highest BCUT2D eigenvalue weighted by Crippen LogP contribution is 2.25. The van der Waals surface area contributed by atoms with Crippen LogP contribution < -0.4 is 10.6 Å². The van der Waals surface area contributed by atoms with Crippen LogP contribution in [0.4, 0.5) is 21.8 Å². The van der Waals surface area contributed by atoms with Crippen molar-refractivity contribution in [3.05, 3.63) is 60.2 Å². The topological polar surface area (TPSA) is 62.7 Å². The minimum atomic E-state index is -0.255. The molecule has 134 valence electrons. The first-order valence-electron chi connectivity index (χ1n) is 8.65. The van der Waals surface area contributed by atoms with E-state index in [1.54, 1.807) is 25.4 Å². The van der Waals surface area contributed by atoms with Gasteiger partial charge in [0.05, 0.1) is 5.69 Å². The van der Waals surface area contributed by atoms with Crippen molar-refractivity contribution in [3.63, 3.8) is 0 Å². The minimum Gasteiger partial charge on any atom is -0.352 e. The summed E-state index contributed by atoms with van der Waals surface area (Å²) < 4.78 is 13.8. The van der Waals surface area contributed by atoms with E-state index in [2.05, 4.69) is 39.4 Å². The fourth-order valence-electron chi connectivity index (χ4n) is 2.44. The Labute approximate surface area is 152 Å². The number of aromatic nitrogens is 3. The van der Waals surface area contributed by atoms with Crippen LogP contribution in [0.3, 0.4) is 0 Å². The van der Waals surface area contributed by atoms with Gasteiger partial charge in [0, 0.05) is 41.3 Å². The van der Waals surface area contributed by atoms with Gasteiger partial charge in [-0.1, -0.05) is 13.0 Å². The van der Waals surface area contributed by atoms with Crippen molar-refractivity contribution >= 4 is 17.5 Å². The van der Waals surface area contributed by atoms with Crippen LogP contribution >= 0.6 is 0 Å². The van der Waals surface area contributed by atoms with Crippen molar-refractivity contribution in [1.29, 1.82) is 0 Å². The molecule has 0 saturated carbocycles. The van der Waals surface area contributed by atoms with Crippen LogP contribution in [-0.4, -0.2) is 21.0 Å². The van der Waals surface area contributed by atoms with Gasteiger partial charge >= 0.3 is 0 Å². The van der Waals surface area contributed by atoms with E-state index < -0.39 is 0 Å². The molecule has 5 nitrogen and oxygen atoms in total. The second kappa shape index (κ2) is 7.91. The highest BCUT2D eigenvalue weighted by Gasteiger charge is 2.11. The molecule has 3 rings (SSSR count). The molecule has 0 fully saturated rings. The van der Waals surface area contributed by atoms with Crippen molar-refractivity contribution in [3.8, 4) is 11.3 Å². The number of nitrogens with zero attached hydrogens (tertiary/aromatic N) is 3. The summed E-state index contributed by atoms with van der Waals surface area (Å²) in [5.74, 6) is 0.866. The largest absolute Gasteiger partial charge is 0.352 e. The van der Waals surface area contributed by atoms with Gasteiger partial charge in [-0.15, -0.1) is 0 Å². The second-order valence-corrected chi connectivity index (χ2v) is 6.19. The lowest BCUT2D eigenvalue weighted by molar-refractivity contribution is 0.619. The average Bonchev–Trinajstić information content (AvgIpc) is 2.66. The van der Waals surface area contributed by atoms with Crippen LogP contribution in [0.2, 0.25) is 0 Å². The van der Waals surface area contributed by atoms with Gasteiger partial charge in [0.2, 0.25) is 5.95 Å². The number of nitrogens with one attached hydrogen (secondary N) is 2. The van der Waals surface area contributed by atoms with Crippen LogP contribution in [0.15, 0.2) is 48.8 Å². The molecular formula is C20H22FN5. The van der Waals surface area contributed by atoms with E-state index in [4.69, 9.17) is 0 Å². The Bertz CT molecular complexity index is 883. The monoisotopic (exact) mass is 351 g/mol. The Morgan fingerprint density at radius 3 is 2.73 bits per heavy atom. The standard InChI is InChI=1S/C20H22FN5/c1-4-13(2)23-20-25-18(15-7-6-10-22-12-15)11-19(26-20)24-17-9-5-8-16(21)14(17)3/h5-13H,4H2,1-3H3,(H2,23,24,25,26)/t13-/m1/s1. The second-order valence-electron chi connectivity index (χ2n) is 6.19. The molecule has 0 unspecified atom stereocenters. The van der Waals surface area contributed by atoms with Crippen molar-refractivity contribution in [2.45, 2.75) is 33.2 Å². The summed E-state index contributed by atoms with van der Waals surface area (Å²) in [7, 11) is 0. The van der Waals surface area contributed by atoms with Crippen LogP contribution in [-0.2, 0) is 0 Å². The fourth-order valence-corrected chi connectivity index (χ4v) is 2.44. The summed E-state index contributed by atoms with van der Waals surface area (Å²) in [5, 5.41) is 6.50. The Hall–Kier alpha value is -3.02. The molecule has 0 aliphatic carbocycles. The van der Waals surface area contributed by atoms with E-state index in [-0.39, 0.29) is 11.9 Å². The predicted octanol–water partition coefficient (Wildman–Crippen LogP) is 4.94. The maximum absolute atomic E-state index is 13.8. The number of hydrogen-bond donors (Lipinski definition) is 2. The van der Waals surface area contributed by atoms with Crippen molar-refractivity contribution in [2.75, 3.05) is 10.6 Å². The molecule has 0 amide bonds. The number of hydrogen-bond acceptors (Lipinski definition) is 5. The normalized spacial score (nSPS) is 11.8. The summed E-state index contributed by atoms with van der Waals surface area (Å²) in [6.45, 7) is 5.90. The molecule has 1 aromatic carbocycles. The smallest absolute Gasteiger partial charge is 0.225 e. The summed E-state index contributed by atoms with van der Waals surface area (Å²) in [6.07, 6.45) is 4.43. The third-order valence-electron chi connectivity index (χ3n) is 4.20. The van der Waals surface area contributed by atoms with Gasteiger partial charge < -0.3 is 10.6 Å². The zero-order valence-corrected chi connectivity index (χ0v) is 15.1. The number of pyridine rings is 1. The number of halogens is 1. The maximum atomic E-state index is 13.8. The summed E-state index contributed by atoms with van der Waals surface area (Å²) >= 11 is 0. The van der Waals surface area contributed by atoms with Crippen molar-refractivity contribution in [2.24, 2.45) is 0 Å². The van der Waals surface area contributed by atoms with E-state index in [0.29, 0.717) is 23.0 Å².